The summed E-state index contributed by atoms with van der Waals surface area (Å²) in [4.78, 5) is 29.3. The zero-order valence-electron chi connectivity index (χ0n) is 19.1. The molecule has 1 amide bonds. The van der Waals surface area contributed by atoms with Crippen molar-refractivity contribution in [1.29, 1.82) is 5.41 Å². The lowest BCUT2D eigenvalue weighted by molar-refractivity contribution is -0.114. The van der Waals surface area contributed by atoms with E-state index in [9.17, 15) is 14.0 Å². The highest BCUT2D eigenvalue weighted by Crippen LogP contribution is 2.34. The van der Waals surface area contributed by atoms with Crippen LogP contribution in [0.25, 0.3) is 6.08 Å². The molecule has 5 rings (SSSR count). The highest BCUT2D eigenvalue weighted by atomic mass is 35.5. The number of fused-ring (bicyclic) bond motifs is 1. The number of aliphatic imine (C=N–C) groups is 1. The Bertz CT molecular complexity index is 1550. The maximum absolute atomic E-state index is 13.1. The third kappa shape index (κ3) is 4.89. The number of methoxy groups -OCH3 is 1. The lowest BCUT2D eigenvalue weighted by Gasteiger charge is -2.20. The van der Waals surface area contributed by atoms with Crippen molar-refractivity contribution in [1.82, 2.24) is 5.01 Å². The normalized spacial score (nSPS) is 15.9. The van der Waals surface area contributed by atoms with Crippen LogP contribution in [0.3, 0.4) is 0 Å². The molecule has 0 atom stereocenters. The summed E-state index contributed by atoms with van der Waals surface area (Å²) in [5.41, 5.74) is 1.37. The van der Waals surface area contributed by atoms with Crippen molar-refractivity contribution < 1.29 is 23.5 Å². The summed E-state index contributed by atoms with van der Waals surface area (Å²) < 4.78 is 23.9. The molecule has 0 saturated carbocycles. The van der Waals surface area contributed by atoms with Gasteiger partial charge in [0, 0.05) is 5.56 Å². The van der Waals surface area contributed by atoms with Gasteiger partial charge in [0.05, 0.1) is 23.3 Å². The number of hydrogen-bond acceptors (Lipinski definition) is 7. The number of thioether (sulfide) groups is 1. The number of benzene rings is 3. The molecular formula is C26H16ClFN4O4S. The van der Waals surface area contributed by atoms with Gasteiger partial charge in [-0.2, -0.15) is 15.1 Å². The molecule has 0 saturated heterocycles. The van der Waals surface area contributed by atoms with Gasteiger partial charge in [0.1, 0.15) is 10.9 Å². The van der Waals surface area contributed by atoms with Gasteiger partial charge in [0.2, 0.25) is 5.17 Å². The summed E-state index contributed by atoms with van der Waals surface area (Å²) >= 11 is 7.43. The quantitative estimate of drug-likeness (QED) is 0.268. The first-order chi connectivity index (χ1) is 17.8. The van der Waals surface area contributed by atoms with Crippen LogP contribution in [-0.2, 0) is 4.79 Å². The molecule has 0 bridgehead atoms. The molecule has 2 aliphatic heterocycles. The highest BCUT2D eigenvalue weighted by molar-refractivity contribution is 8.27. The predicted molar refractivity (Wildman–Crippen MR) is 140 cm³/mol. The Morgan fingerprint density at radius 2 is 1.86 bits per heavy atom. The molecule has 37 heavy (non-hydrogen) atoms. The van der Waals surface area contributed by atoms with Gasteiger partial charge in [-0.3, -0.25) is 10.2 Å². The van der Waals surface area contributed by atoms with E-state index in [4.69, 9.17) is 26.5 Å². The minimum atomic E-state index is -0.686. The molecule has 2 heterocycles. The largest absolute Gasteiger partial charge is 0.493 e. The Morgan fingerprint density at radius 1 is 1.11 bits per heavy atom. The Morgan fingerprint density at radius 3 is 2.59 bits per heavy atom. The van der Waals surface area contributed by atoms with E-state index in [1.807, 2.05) is 6.07 Å². The number of hydrogen-bond donors (Lipinski definition) is 1. The molecular weight excluding hydrogens is 519 g/mol. The van der Waals surface area contributed by atoms with E-state index in [0.29, 0.717) is 21.2 Å². The zero-order valence-corrected chi connectivity index (χ0v) is 20.6. The number of nitrogens with one attached hydrogen (secondary N) is 1. The van der Waals surface area contributed by atoms with E-state index in [1.54, 1.807) is 30.3 Å². The molecule has 1 N–H and O–H groups in total. The summed E-state index contributed by atoms with van der Waals surface area (Å²) in [6.07, 6.45) is 1.48. The number of amides is 1. The number of amidine groups is 2. The maximum Gasteiger partial charge on any atom is 0.343 e. The second-order valence-electron chi connectivity index (χ2n) is 7.71. The second kappa shape index (κ2) is 10.00. The monoisotopic (exact) mass is 534 g/mol. The minimum absolute atomic E-state index is 0.0200. The van der Waals surface area contributed by atoms with Crippen LogP contribution in [0, 0.1) is 11.2 Å². The molecule has 0 aromatic heterocycles. The molecule has 3 aromatic carbocycles. The number of ether oxygens (including phenoxy) is 2. The standard InChI is InChI=1S/C26H16ClFN4O4S/c1-35-21-13-14(6-11-20(21)36-25(34)15-7-9-16(28)10-8-15)12-18-22(29)32-26(30-23(18)33)37-24(31-32)17-4-2-3-5-19(17)27/h2-13,29H,1H3/b18-12+,29-22?. The number of carbonyl (C=O) groups excluding carboxylic acids is 2. The van der Waals surface area contributed by atoms with E-state index in [2.05, 4.69) is 10.1 Å². The molecule has 0 radical (unpaired) electrons. The Hall–Kier alpha value is -4.28. The van der Waals surface area contributed by atoms with E-state index < -0.39 is 17.7 Å². The fourth-order valence-corrected chi connectivity index (χ4v) is 4.72. The van der Waals surface area contributed by atoms with E-state index in [1.165, 1.54) is 36.4 Å². The third-order valence-corrected chi connectivity index (χ3v) is 6.61. The van der Waals surface area contributed by atoms with E-state index >= 15 is 0 Å². The average Bonchev–Trinajstić information content (AvgIpc) is 3.31. The molecule has 3 aromatic rings. The lowest BCUT2D eigenvalue weighted by atomic mass is 10.1. The van der Waals surface area contributed by atoms with Crippen molar-refractivity contribution >= 4 is 57.4 Å². The molecule has 184 valence electrons. The Labute approximate surface area is 219 Å². The fraction of sp³-hybridized carbons (Fsp3) is 0.0385. The molecule has 0 spiro atoms. The van der Waals surface area contributed by atoms with Crippen molar-refractivity contribution in [3.63, 3.8) is 0 Å². The van der Waals surface area contributed by atoms with Gasteiger partial charge in [0.15, 0.2) is 17.3 Å². The van der Waals surface area contributed by atoms with Crippen molar-refractivity contribution in [3.05, 3.63) is 99.8 Å². The molecule has 2 aliphatic rings. The van der Waals surface area contributed by atoms with Crippen LogP contribution >= 0.6 is 23.4 Å². The van der Waals surface area contributed by atoms with Crippen molar-refractivity contribution in [2.75, 3.05) is 7.11 Å². The van der Waals surface area contributed by atoms with Crippen LogP contribution in [0.2, 0.25) is 5.02 Å². The van der Waals surface area contributed by atoms with Gasteiger partial charge in [-0.1, -0.05) is 35.9 Å². The van der Waals surface area contributed by atoms with Gasteiger partial charge in [-0.05, 0) is 65.9 Å². The first kappa shape index (κ1) is 24.4. The van der Waals surface area contributed by atoms with Gasteiger partial charge in [-0.15, -0.1) is 0 Å². The number of hydrazone groups is 1. The number of carbonyl (C=O) groups is 2. The van der Waals surface area contributed by atoms with Gasteiger partial charge < -0.3 is 9.47 Å². The van der Waals surface area contributed by atoms with Crippen LogP contribution in [0.15, 0.2) is 82.4 Å². The molecule has 0 aliphatic carbocycles. The third-order valence-electron chi connectivity index (χ3n) is 5.34. The highest BCUT2D eigenvalue weighted by Gasteiger charge is 2.36. The van der Waals surface area contributed by atoms with Gasteiger partial charge in [0.25, 0.3) is 5.91 Å². The predicted octanol–water partition coefficient (Wildman–Crippen LogP) is 5.37. The van der Waals surface area contributed by atoms with Crippen LogP contribution in [-0.4, -0.2) is 40.0 Å². The topological polar surface area (TPSA) is 104 Å². The lowest BCUT2D eigenvalue weighted by Crippen LogP contribution is -2.35. The molecule has 0 fully saturated rings. The van der Waals surface area contributed by atoms with Crippen molar-refractivity contribution in [2.24, 2.45) is 10.1 Å². The summed E-state index contributed by atoms with van der Waals surface area (Å²) in [6, 6.07) is 16.7. The van der Waals surface area contributed by atoms with Crippen LogP contribution in [0.1, 0.15) is 21.5 Å². The van der Waals surface area contributed by atoms with Crippen LogP contribution in [0.4, 0.5) is 4.39 Å². The maximum atomic E-state index is 13.1. The summed E-state index contributed by atoms with van der Waals surface area (Å²) in [6.45, 7) is 0. The van der Waals surface area contributed by atoms with Crippen LogP contribution in [0.5, 0.6) is 11.5 Å². The number of rotatable bonds is 5. The van der Waals surface area contributed by atoms with Gasteiger partial charge >= 0.3 is 5.97 Å². The molecule has 0 unspecified atom stereocenters. The van der Waals surface area contributed by atoms with Gasteiger partial charge in [-0.25, -0.2) is 9.18 Å². The first-order valence-electron chi connectivity index (χ1n) is 10.7. The van der Waals surface area contributed by atoms with Crippen molar-refractivity contribution in [3.8, 4) is 11.5 Å². The SMILES string of the molecule is COc1cc(/C=C2\C(=N)N3N=C(c4ccccc4Cl)SC3=NC2=O)ccc1OC(=O)c1ccc(F)cc1. The number of esters is 1. The Kier molecular flexibility index (Phi) is 6.60. The fourth-order valence-electron chi connectivity index (χ4n) is 3.51. The molecule has 8 nitrogen and oxygen atoms in total. The smallest absolute Gasteiger partial charge is 0.343 e. The average molecular weight is 535 g/mol. The van der Waals surface area contributed by atoms with E-state index in [-0.39, 0.29) is 33.6 Å². The summed E-state index contributed by atoms with van der Waals surface area (Å²) in [5.74, 6) is -1.53. The summed E-state index contributed by atoms with van der Waals surface area (Å²) in [5, 5.41) is 15.6. The van der Waals surface area contributed by atoms with Crippen LogP contribution < -0.4 is 9.47 Å². The zero-order chi connectivity index (χ0) is 26.1. The van der Waals surface area contributed by atoms with Crippen molar-refractivity contribution in [2.45, 2.75) is 0 Å². The number of nitrogens with zero attached hydrogens (tertiary/aromatic N) is 3. The molecule has 11 heteroatoms. The second-order valence-corrected chi connectivity index (χ2v) is 9.07. The van der Waals surface area contributed by atoms with E-state index in [0.717, 1.165) is 23.9 Å². The first-order valence-corrected chi connectivity index (χ1v) is 11.9. The minimum Gasteiger partial charge on any atom is -0.493 e. The Balaban J connectivity index is 1.40. The number of halogens is 2. The summed E-state index contributed by atoms with van der Waals surface area (Å²) in [7, 11) is 1.40.